The van der Waals surface area contributed by atoms with Gasteiger partial charge in [-0.15, -0.1) is 11.3 Å². The Morgan fingerprint density at radius 2 is 2.10 bits per heavy atom. The molecule has 110 valence electrons. The lowest BCUT2D eigenvalue weighted by atomic mass is 10.1. The van der Waals surface area contributed by atoms with E-state index in [0.717, 1.165) is 29.5 Å². The molecule has 0 unspecified atom stereocenters. The van der Waals surface area contributed by atoms with Gasteiger partial charge in [-0.05, 0) is 44.5 Å². The minimum Gasteiger partial charge on any atom is -0.314 e. The molecule has 20 heavy (non-hydrogen) atoms. The van der Waals surface area contributed by atoms with Crippen LogP contribution < -0.4 is 5.32 Å². The quantitative estimate of drug-likeness (QED) is 0.879. The maximum atomic E-state index is 5.98. The number of rotatable bonds is 6. The Labute approximate surface area is 130 Å². The molecule has 0 aliphatic heterocycles. The Morgan fingerprint density at radius 1 is 1.35 bits per heavy atom. The largest absolute Gasteiger partial charge is 0.314 e. The van der Waals surface area contributed by atoms with E-state index < -0.39 is 0 Å². The van der Waals surface area contributed by atoms with Crippen LogP contribution in [0.4, 0.5) is 0 Å². The standard InChI is InChI=1S/C15H22ClN3S/c1-10(2)17-8-7-14-11(3)18-19(12(14)4)9-13-5-6-15(16)20-13/h5-6,10,17H,7-9H2,1-4H3. The van der Waals surface area contributed by atoms with E-state index in [1.807, 2.05) is 6.07 Å². The predicted octanol–water partition coefficient (Wildman–Crippen LogP) is 3.80. The van der Waals surface area contributed by atoms with Gasteiger partial charge in [0.05, 0.1) is 16.6 Å². The molecule has 0 bridgehead atoms. The van der Waals surface area contributed by atoms with Crippen molar-refractivity contribution < 1.29 is 0 Å². The number of halogens is 1. The van der Waals surface area contributed by atoms with E-state index in [9.17, 15) is 0 Å². The second-order valence-electron chi connectivity index (χ2n) is 5.37. The summed E-state index contributed by atoms with van der Waals surface area (Å²) >= 11 is 7.60. The zero-order valence-electron chi connectivity index (χ0n) is 12.5. The predicted molar refractivity (Wildman–Crippen MR) is 87.0 cm³/mol. The number of nitrogens with one attached hydrogen (secondary N) is 1. The van der Waals surface area contributed by atoms with Gasteiger partial charge in [-0.2, -0.15) is 5.10 Å². The summed E-state index contributed by atoms with van der Waals surface area (Å²) in [5, 5.41) is 8.12. The molecule has 0 amide bonds. The molecule has 0 atom stereocenters. The van der Waals surface area contributed by atoms with Gasteiger partial charge in [0.15, 0.2) is 0 Å². The highest BCUT2D eigenvalue weighted by Crippen LogP contribution is 2.23. The number of hydrogen-bond donors (Lipinski definition) is 1. The van der Waals surface area contributed by atoms with Crippen molar-refractivity contribution in [1.29, 1.82) is 0 Å². The maximum absolute atomic E-state index is 5.98. The van der Waals surface area contributed by atoms with Crippen LogP contribution in [0.2, 0.25) is 4.34 Å². The van der Waals surface area contributed by atoms with Crippen molar-refractivity contribution in [3.8, 4) is 0 Å². The van der Waals surface area contributed by atoms with E-state index in [1.54, 1.807) is 11.3 Å². The van der Waals surface area contributed by atoms with Crippen LogP contribution in [0.1, 0.15) is 35.7 Å². The summed E-state index contributed by atoms with van der Waals surface area (Å²) in [6.07, 6.45) is 1.03. The maximum Gasteiger partial charge on any atom is 0.0931 e. The molecule has 0 aliphatic rings. The Morgan fingerprint density at radius 3 is 2.70 bits per heavy atom. The first-order chi connectivity index (χ1) is 9.47. The molecule has 2 aromatic rings. The van der Waals surface area contributed by atoms with Gasteiger partial charge in [0.1, 0.15) is 0 Å². The normalized spacial score (nSPS) is 11.5. The summed E-state index contributed by atoms with van der Waals surface area (Å²) in [6.45, 7) is 10.4. The fraction of sp³-hybridized carbons (Fsp3) is 0.533. The van der Waals surface area contributed by atoms with Gasteiger partial charge >= 0.3 is 0 Å². The summed E-state index contributed by atoms with van der Waals surface area (Å²) in [7, 11) is 0. The van der Waals surface area contributed by atoms with Crippen LogP contribution in [-0.2, 0) is 13.0 Å². The van der Waals surface area contributed by atoms with Gasteiger partial charge in [0.25, 0.3) is 0 Å². The highest BCUT2D eigenvalue weighted by atomic mass is 35.5. The second-order valence-corrected chi connectivity index (χ2v) is 7.17. The van der Waals surface area contributed by atoms with Crippen molar-refractivity contribution in [3.63, 3.8) is 0 Å². The fourth-order valence-electron chi connectivity index (χ4n) is 2.32. The van der Waals surface area contributed by atoms with Gasteiger partial charge < -0.3 is 5.32 Å². The number of nitrogens with zero attached hydrogens (tertiary/aromatic N) is 2. The zero-order chi connectivity index (χ0) is 14.7. The smallest absolute Gasteiger partial charge is 0.0931 e. The minimum atomic E-state index is 0.527. The van der Waals surface area contributed by atoms with E-state index in [-0.39, 0.29) is 0 Å². The van der Waals surface area contributed by atoms with Crippen LogP contribution in [0.3, 0.4) is 0 Å². The van der Waals surface area contributed by atoms with Crippen LogP contribution in [0.15, 0.2) is 12.1 Å². The molecule has 2 rings (SSSR count). The van der Waals surface area contributed by atoms with Crippen LogP contribution in [0.5, 0.6) is 0 Å². The molecule has 0 fully saturated rings. The topological polar surface area (TPSA) is 29.9 Å². The SMILES string of the molecule is Cc1nn(Cc2ccc(Cl)s2)c(C)c1CCNC(C)C. The third-order valence-electron chi connectivity index (χ3n) is 3.39. The zero-order valence-corrected chi connectivity index (χ0v) is 14.1. The molecular weight excluding hydrogens is 290 g/mol. The van der Waals surface area contributed by atoms with E-state index in [1.165, 1.54) is 16.1 Å². The molecule has 0 saturated carbocycles. The number of hydrogen-bond acceptors (Lipinski definition) is 3. The summed E-state index contributed by atoms with van der Waals surface area (Å²) in [6, 6.07) is 4.54. The van der Waals surface area contributed by atoms with Gasteiger partial charge in [-0.3, -0.25) is 4.68 Å². The average molecular weight is 312 g/mol. The molecule has 0 saturated heterocycles. The lowest BCUT2D eigenvalue weighted by Gasteiger charge is -2.08. The van der Waals surface area contributed by atoms with E-state index >= 15 is 0 Å². The Kier molecular flexibility index (Phi) is 5.24. The molecule has 3 nitrogen and oxygen atoms in total. The van der Waals surface area contributed by atoms with Crippen LogP contribution in [-0.4, -0.2) is 22.4 Å². The third kappa shape index (κ3) is 3.84. The van der Waals surface area contributed by atoms with E-state index in [0.29, 0.717) is 6.04 Å². The van der Waals surface area contributed by atoms with Gasteiger partial charge in [-0.25, -0.2) is 0 Å². The molecule has 0 spiro atoms. The lowest BCUT2D eigenvalue weighted by Crippen LogP contribution is -2.25. The van der Waals surface area contributed by atoms with Crippen molar-refractivity contribution in [2.24, 2.45) is 0 Å². The second kappa shape index (κ2) is 6.74. The number of thiophene rings is 1. The molecule has 1 N–H and O–H groups in total. The van der Waals surface area contributed by atoms with E-state index in [4.69, 9.17) is 11.6 Å². The molecule has 2 aromatic heterocycles. The summed E-state index contributed by atoms with van der Waals surface area (Å²) < 4.78 is 2.92. The molecule has 0 aromatic carbocycles. The van der Waals surface area contributed by atoms with Crippen molar-refractivity contribution in [2.75, 3.05) is 6.54 Å². The first-order valence-corrected chi connectivity index (χ1v) is 8.17. The van der Waals surface area contributed by atoms with Crippen LogP contribution in [0.25, 0.3) is 0 Å². The van der Waals surface area contributed by atoms with Crippen molar-refractivity contribution in [3.05, 3.63) is 38.3 Å². The first kappa shape index (κ1) is 15.5. The third-order valence-corrected chi connectivity index (χ3v) is 4.61. The van der Waals surface area contributed by atoms with Crippen LogP contribution in [0, 0.1) is 13.8 Å². The Balaban J connectivity index is 2.08. The van der Waals surface area contributed by atoms with Gasteiger partial charge in [-0.1, -0.05) is 25.4 Å². The highest BCUT2D eigenvalue weighted by Gasteiger charge is 2.12. The minimum absolute atomic E-state index is 0.527. The van der Waals surface area contributed by atoms with Gasteiger partial charge in [0, 0.05) is 16.6 Å². The summed E-state index contributed by atoms with van der Waals surface area (Å²) in [4.78, 5) is 1.24. The van der Waals surface area contributed by atoms with Crippen molar-refractivity contribution in [1.82, 2.24) is 15.1 Å². The lowest BCUT2D eigenvalue weighted by molar-refractivity contribution is 0.588. The summed E-state index contributed by atoms with van der Waals surface area (Å²) in [5.41, 5.74) is 3.76. The molecule has 2 heterocycles. The molecule has 0 aliphatic carbocycles. The molecular formula is C15H22ClN3S. The monoisotopic (exact) mass is 311 g/mol. The molecule has 5 heteroatoms. The summed E-state index contributed by atoms with van der Waals surface area (Å²) in [5.74, 6) is 0. The van der Waals surface area contributed by atoms with Crippen molar-refractivity contribution >= 4 is 22.9 Å². The van der Waals surface area contributed by atoms with Crippen molar-refractivity contribution in [2.45, 2.75) is 46.7 Å². The van der Waals surface area contributed by atoms with E-state index in [2.05, 4.69) is 48.9 Å². The average Bonchev–Trinajstić information content (AvgIpc) is 2.88. The number of aryl methyl sites for hydroxylation is 1. The Hall–Kier alpha value is -0.840. The number of aromatic nitrogens is 2. The first-order valence-electron chi connectivity index (χ1n) is 6.98. The highest BCUT2D eigenvalue weighted by molar-refractivity contribution is 7.16. The molecule has 0 radical (unpaired) electrons. The fourth-order valence-corrected chi connectivity index (χ4v) is 3.39. The Bertz CT molecular complexity index is 572. The van der Waals surface area contributed by atoms with Gasteiger partial charge in [0.2, 0.25) is 0 Å². The van der Waals surface area contributed by atoms with Crippen LogP contribution >= 0.6 is 22.9 Å².